The number of anilines is 1. The van der Waals surface area contributed by atoms with Crippen LogP contribution < -0.4 is 5.32 Å². The van der Waals surface area contributed by atoms with Crippen molar-refractivity contribution in [1.29, 1.82) is 0 Å². The van der Waals surface area contributed by atoms with Crippen LogP contribution in [0.1, 0.15) is 0 Å². The maximum Gasteiger partial charge on any atom is 0.153 e. The summed E-state index contributed by atoms with van der Waals surface area (Å²) in [5.74, 6) is 0.787. The molecule has 0 aromatic carbocycles. The zero-order valence-corrected chi connectivity index (χ0v) is 8.84. The lowest BCUT2D eigenvalue weighted by molar-refractivity contribution is 0.580. The Bertz CT molecular complexity index is 610. The smallest absolute Gasteiger partial charge is 0.153 e. The SMILES string of the molecule is CNc1ccn2cc(-c3ccco3)nc2c1. The van der Waals surface area contributed by atoms with E-state index < -0.39 is 0 Å². The maximum absolute atomic E-state index is 5.31. The molecule has 0 atom stereocenters. The average Bonchev–Trinajstić information content (AvgIpc) is 2.96. The third-order valence-electron chi connectivity index (χ3n) is 2.52. The van der Waals surface area contributed by atoms with Gasteiger partial charge in [0.25, 0.3) is 0 Å². The number of aromatic nitrogens is 2. The fourth-order valence-electron chi connectivity index (χ4n) is 1.68. The summed E-state index contributed by atoms with van der Waals surface area (Å²) in [6.45, 7) is 0. The lowest BCUT2D eigenvalue weighted by Crippen LogP contribution is -1.89. The molecule has 3 rings (SSSR count). The second-order valence-corrected chi connectivity index (χ2v) is 3.53. The fourth-order valence-corrected chi connectivity index (χ4v) is 1.68. The second kappa shape index (κ2) is 3.41. The summed E-state index contributed by atoms with van der Waals surface area (Å²) in [5, 5.41) is 3.09. The molecule has 3 aromatic heterocycles. The van der Waals surface area contributed by atoms with Gasteiger partial charge in [0.2, 0.25) is 0 Å². The van der Waals surface area contributed by atoms with E-state index in [9.17, 15) is 0 Å². The van der Waals surface area contributed by atoms with Gasteiger partial charge in [0, 0.05) is 31.2 Å². The minimum Gasteiger partial charge on any atom is -0.463 e. The molecule has 0 spiro atoms. The van der Waals surface area contributed by atoms with Gasteiger partial charge in [-0.1, -0.05) is 0 Å². The van der Waals surface area contributed by atoms with Gasteiger partial charge in [-0.15, -0.1) is 0 Å². The number of pyridine rings is 1. The van der Waals surface area contributed by atoms with Crippen LogP contribution >= 0.6 is 0 Å². The number of rotatable bonds is 2. The van der Waals surface area contributed by atoms with E-state index in [0.717, 1.165) is 22.8 Å². The van der Waals surface area contributed by atoms with Crippen molar-refractivity contribution < 1.29 is 4.42 Å². The topological polar surface area (TPSA) is 42.5 Å². The zero-order chi connectivity index (χ0) is 11.0. The number of fused-ring (bicyclic) bond motifs is 1. The lowest BCUT2D eigenvalue weighted by Gasteiger charge is -1.98. The Morgan fingerprint density at radius 2 is 2.31 bits per heavy atom. The van der Waals surface area contributed by atoms with Gasteiger partial charge in [0.05, 0.1) is 6.26 Å². The normalized spacial score (nSPS) is 10.8. The van der Waals surface area contributed by atoms with E-state index in [2.05, 4.69) is 10.3 Å². The molecule has 3 aromatic rings. The minimum atomic E-state index is 0.787. The highest BCUT2D eigenvalue weighted by Crippen LogP contribution is 2.20. The van der Waals surface area contributed by atoms with Gasteiger partial charge in [-0.05, 0) is 18.2 Å². The summed E-state index contributed by atoms with van der Waals surface area (Å²) in [4.78, 5) is 4.49. The molecule has 0 aliphatic rings. The number of furan rings is 1. The highest BCUT2D eigenvalue weighted by atomic mass is 16.3. The predicted octanol–water partition coefficient (Wildman–Crippen LogP) is 2.64. The lowest BCUT2D eigenvalue weighted by atomic mass is 10.4. The molecular formula is C12H11N3O. The zero-order valence-electron chi connectivity index (χ0n) is 8.84. The number of hydrogen-bond acceptors (Lipinski definition) is 3. The van der Waals surface area contributed by atoms with Gasteiger partial charge in [-0.2, -0.15) is 0 Å². The molecule has 0 saturated heterocycles. The van der Waals surface area contributed by atoms with Crippen molar-refractivity contribution >= 4 is 11.3 Å². The van der Waals surface area contributed by atoms with Gasteiger partial charge in [-0.25, -0.2) is 4.98 Å². The molecule has 3 heterocycles. The number of imidazole rings is 1. The van der Waals surface area contributed by atoms with Crippen LogP contribution in [0, 0.1) is 0 Å². The Hall–Kier alpha value is -2.23. The number of hydrogen-bond donors (Lipinski definition) is 1. The van der Waals surface area contributed by atoms with Gasteiger partial charge in [-0.3, -0.25) is 0 Å². The molecule has 4 heteroatoms. The van der Waals surface area contributed by atoms with Crippen LogP contribution in [-0.4, -0.2) is 16.4 Å². The average molecular weight is 213 g/mol. The molecule has 0 unspecified atom stereocenters. The molecule has 4 nitrogen and oxygen atoms in total. The first-order valence-corrected chi connectivity index (χ1v) is 5.07. The highest BCUT2D eigenvalue weighted by Gasteiger charge is 2.06. The molecule has 16 heavy (non-hydrogen) atoms. The van der Waals surface area contributed by atoms with Crippen LogP contribution in [0.4, 0.5) is 5.69 Å². The second-order valence-electron chi connectivity index (χ2n) is 3.53. The van der Waals surface area contributed by atoms with Crippen LogP contribution in [0.5, 0.6) is 0 Å². The fraction of sp³-hybridized carbons (Fsp3) is 0.0833. The van der Waals surface area contributed by atoms with Crippen molar-refractivity contribution in [3.05, 3.63) is 42.9 Å². The van der Waals surface area contributed by atoms with Gasteiger partial charge in [0.1, 0.15) is 11.3 Å². The third kappa shape index (κ3) is 1.35. The monoisotopic (exact) mass is 213 g/mol. The summed E-state index contributed by atoms with van der Waals surface area (Å²) in [6, 6.07) is 7.76. The predicted molar refractivity (Wildman–Crippen MR) is 62.4 cm³/mol. The third-order valence-corrected chi connectivity index (χ3v) is 2.52. The van der Waals surface area contributed by atoms with Crippen molar-refractivity contribution in [2.24, 2.45) is 0 Å². The molecule has 1 N–H and O–H groups in total. The molecule has 0 aliphatic heterocycles. The number of nitrogens with one attached hydrogen (secondary N) is 1. The Morgan fingerprint density at radius 3 is 3.06 bits per heavy atom. The van der Waals surface area contributed by atoms with E-state index in [1.54, 1.807) is 6.26 Å². The quantitative estimate of drug-likeness (QED) is 0.711. The molecule has 80 valence electrons. The Morgan fingerprint density at radius 1 is 1.38 bits per heavy atom. The molecule has 0 amide bonds. The van der Waals surface area contributed by atoms with Crippen LogP contribution in [-0.2, 0) is 0 Å². The molecule has 0 aliphatic carbocycles. The van der Waals surface area contributed by atoms with E-state index in [1.165, 1.54) is 0 Å². The molecular weight excluding hydrogens is 202 g/mol. The summed E-state index contributed by atoms with van der Waals surface area (Å²) in [7, 11) is 1.89. The standard InChI is InChI=1S/C12H11N3O/c1-13-9-4-5-15-8-10(14-12(15)7-9)11-3-2-6-16-11/h2-8,13H,1H3. The Labute approximate surface area is 92.5 Å². The first-order valence-electron chi connectivity index (χ1n) is 5.07. The van der Waals surface area contributed by atoms with Crippen molar-refractivity contribution in [3.8, 4) is 11.5 Å². The minimum absolute atomic E-state index is 0.787. The Kier molecular flexibility index (Phi) is 1.93. The molecule has 0 radical (unpaired) electrons. The van der Waals surface area contributed by atoms with Gasteiger partial charge in [0.15, 0.2) is 5.76 Å². The van der Waals surface area contributed by atoms with Crippen LogP contribution in [0.2, 0.25) is 0 Å². The van der Waals surface area contributed by atoms with Crippen LogP contribution in [0.15, 0.2) is 47.3 Å². The first-order chi connectivity index (χ1) is 7.86. The highest BCUT2D eigenvalue weighted by molar-refractivity contribution is 5.61. The molecule has 0 fully saturated rings. The largest absolute Gasteiger partial charge is 0.463 e. The summed E-state index contributed by atoms with van der Waals surface area (Å²) >= 11 is 0. The van der Waals surface area contributed by atoms with E-state index in [4.69, 9.17) is 4.42 Å². The summed E-state index contributed by atoms with van der Waals surface area (Å²) in [6.07, 6.45) is 5.58. The van der Waals surface area contributed by atoms with Crippen molar-refractivity contribution in [1.82, 2.24) is 9.38 Å². The van der Waals surface area contributed by atoms with Crippen molar-refractivity contribution in [3.63, 3.8) is 0 Å². The van der Waals surface area contributed by atoms with Crippen LogP contribution in [0.25, 0.3) is 17.1 Å². The van der Waals surface area contributed by atoms with Crippen molar-refractivity contribution in [2.45, 2.75) is 0 Å². The van der Waals surface area contributed by atoms with Crippen molar-refractivity contribution in [2.75, 3.05) is 12.4 Å². The van der Waals surface area contributed by atoms with Gasteiger partial charge >= 0.3 is 0 Å². The molecule has 0 saturated carbocycles. The number of nitrogens with zero attached hydrogens (tertiary/aromatic N) is 2. The summed E-state index contributed by atoms with van der Waals surface area (Å²) in [5.41, 5.74) is 2.79. The van der Waals surface area contributed by atoms with Crippen LogP contribution in [0.3, 0.4) is 0 Å². The Balaban J connectivity index is 2.16. The van der Waals surface area contributed by atoms with E-state index in [0.29, 0.717) is 0 Å². The summed E-state index contributed by atoms with van der Waals surface area (Å²) < 4.78 is 7.29. The van der Waals surface area contributed by atoms with Gasteiger partial charge < -0.3 is 14.1 Å². The first kappa shape index (κ1) is 9.03. The molecule has 0 bridgehead atoms. The van der Waals surface area contributed by atoms with E-state index >= 15 is 0 Å². The van der Waals surface area contributed by atoms with E-state index in [-0.39, 0.29) is 0 Å². The van der Waals surface area contributed by atoms with E-state index in [1.807, 2.05) is 48.1 Å². The maximum atomic E-state index is 5.31.